The lowest BCUT2D eigenvalue weighted by Crippen LogP contribution is -2.17. The second kappa shape index (κ2) is 6.15. The maximum Gasteiger partial charge on any atom is 0.285 e. The Labute approximate surface area is 160 Å². The van der Waals surface area contributed by atoms with Crippen LogP contribution in [0.4, 0.5) is 0 Å². The molecule has 4 aromatic heterocycles. The highest BCUT2D eigenvalue weighted by Gasteiger charge is 2.12. The minimum Gasteiger partial charge on any atom is -0.288 e. The molecule has 0 aliphatic rings. The molecule has 0 radical (unpaired) electrons. The van der Waals surface area contributed by atoms with Crippen LogP contribution in [-0.4, -0.2) is 35.0 Å². The Bertz CT molecular complexity index is 1360. The number of nitrogens with zero attached hydrogens (tertiary/aromatic N) is 7. The molecule has 10 heteroatoms. The Balaban J connectivity index is 1.59. The molecular formula is C17H10ClN7OS. The Morgan fingerprint density at radius 2 is 2.07 bits per heavy atom. The van der Waals surface area contributed by atoms with Crippen LogP contribution in [0.2, 0.25) is 5.15 Å². The second-order valence-corrected chi connectivity index (χ2v) is 6.84. The minimum atomic E-state index is -0.319. The fourth-order valence-corrected chi connectivity index (χ4v) is 3.74. The third-order valence-corrected chi connectivity index (χ3v) is 5.07. The molecule has 0 N–H and O–H groups in total. The molecule has 0 fully saturated rings. The van der Waals surface area contributed by atoms with Gasteiger partial charge in [0.15, 0.2) is 15.8 Å². The zero-order valence-corrected chi connectivity index (χ0v) is 15.2. The third kappa shape index (κ3) is 2.56. The highest BCUT2D eigenvalue weighted by Crippen LogP contribution is 2.19. The van der Waals surface area contributed by atoms with Crippen LogP contribution in [0.15, 0.2) is 64.3 Å². The van der Waals surface area contributed by atoms with Crippen LogP contribution in [-0.2, 0) is 0 Å². The standard InChI is InChI=1S/C17H10ClN7OS/c18-14-13(23-6-7-27-17(23)22-14)9-20-24-10-19-15-12(16(24)26)8-21-25(15)11-4-2-1-3-5-11/h1-10H/b20-9-. The third-order valence-electron chi connectivity index (χ3n) is 4.03. The van der Waals surface area contributed by atoms with Crippen LogP contribution in [0.25, 0.3) is 21.7 Å². The Kier molecular flexibility index (Phi) is 3.62. The summed E-state index contributed by atoms with van der Waals surface area (Å²) < 4.78 is 4.58. The first-order chi connectivity index (χ1) is 13.2. The van der Waals surface area contributed by atoms with Crippen molar-refractivity contribution in [3.63, 3.8) is 0 Å². The van der Waals surface area contributed by atoms with Crippen molar-refractivity contribution in [1.82, 2.24) is 28.8 Å². The number of fused-ring (bicyclic) bond motifs is 2. The van der Waals surface area contributed by atoms with E-state index in [4.69, 9.17) is 11.6 Å². The van der Waals surface area contributed by atoms with E-state index in [1.54, 1.807) is 9.08 Å². The van der Waals surface area contributed by atoms with E-state index in [1.165, 1.54) is 30.1 Å². The van der Waals surface area contributed by atoms with Gasteiger partial charge in [0.1, 0.15) is 17.4 Å². The van der Waals surface area contributed by atoms with Crippen molar-refractivity contribution < 1.29 is 0 Å². The highest BCUT2D eigenvalue weighted by molar-refractivity contribution is 7.15. The molecule has 0 aliphatic carbocycles. The molecule has 5 aromatic rings. The molecule has 0 aliphatic heterocycles. The van der Waals surface area contributed by atoms with Crippen molar-refractivity contribution in [2.75, 3.05) is 0 Å². The number of thiazole rings is 1. The Morgan fingerprint density at radius 3 is 2.93 bits per heavy atom. The largest absolute Gasteiger partial charge is 0.288 e. The summed E-state index contributed by atoms with van der Waals surface area (Å²) in [6.07, 6.45) is 6.19. The molecule has 1 aromatic carbocycles. The van der Waals surface area contributed by atoms with Crippen LogP contribution >= 0.6 is 22.9 Å². The second-order valence-electron chi connectivity index (χ2n) is 5.61. The normalized spacial score (nSPS) is 11.9. The first-order valence-corrected chi connectivity index (χ1v) is 9.14. The summed E-state index contributed by atoms with van der Waals surface area (Å²) in [5.74, 6) is 0. The van der Waals surface area contributed by atoms with Gasteiger partial charge in [-0.15, -0.1) is 11.3 Å². The topological polar surface area (TPSA) is 82.4 Å². The molecule has 0 atom stereocenters. The molecule has 5 rings (SSSR count). The number of aromatic nitrogens is 6. The van der Waals surface area contributed by atoms with Gasteiger partial charge >= 0.3 is 0 Å². The number of benzene rings is 1. The molecule has 0 bridgehead atoms. The minimum absolute atomic E-state index is 0.319. The number of para-hydroxylation sites is 1. The molecule has 0 amide bonds. The van der Waals surface area contributed by atoms with Crippen LogP contribution < -0.4 is 5.56 Å². The van der Waals surface area contributed by atoms with Gasteiger partial charge in [-0.25, -0.2) is 14.6 Å². The van der Waals surface area contributed by atoms with Crippen molar-refractivity contribution in [1.29, 1.82) is 0 Å². The van der Waals surface area contributed by atoms with Crippen molar-refractivity contribution in [2.45, 2.75) is 0 Å². The zero-order valence-electron chi connectivity index (χ0n) is 13.6. The summed E-state index contributed by atoms with van der Waals surface area (Å²) >= 11 is 7.61. The van der Waals surface area contributed by atoms with Gasteiger partial charge in [-0.2, -0.15) is 14.9 Å². The number of hydrogen-bond donors (Lipinski definition) is 0. The number of hydrogen-bond acceptors (Lipinski definition) is 6. The number of halogens is 1. The monoisotopic (exact) mass is 395 g/mol. The van der Waals surface area contributed by atoms with E-state index in [0.717, 1.165) is 15.3 Å². The maximum atomic E-state index is 12.7. The molecule has 0 unspecified atom stereocenters. The Hall–Kier alpha value is -3.30. The van der Waals surface area contributed by atoms with Gasteiger partial charge in [0.25, 0.3) is 5.56 Å². The lowest BCUT2D eigenvalue weighted by Gasteiger charge is -2.02. The molecular weight excluding hydrogens is 386 g/mol. The summed E-state index contributed by atoms with van der Waals surface area (Å²) in [4.78, 5) is 22.1. The predicted molar refractivity (Wildman–Crippen MR) is 104 cm³/mol. The quantitative estimate of drug-likeness (QED) is 0.440. The molecule has 132 valence electrons. The van der Waals surface area contributed by atoms with Gasteiger partial charge in [-0.3, -0.25) is 9.20 Å². The van der Waals surface area contributed by atoms with Crippen LogP contribution in [0.1, 0.15) is 5.69 Å². The molecule has 8 nitrogen and oxygen atoms in total. The van der Waals surface area contributed by atoms with E-state index >= 15 is 0 Å². The first-order valence-electron chi connectivity index (χ1n) is 7.88. The summed E-state index contributed by atoms with van der Waals surface area (Å²) in [6, 6.07) is 9.50. The fourth-order valence-electron chi connectivity index (χ4n) is 2.75. The van der Waals surface area contributed by atoms with Crippen LogP contribution in [0.5, 0.6) is 0 Å². The molecule has 0 spiro atoms. The molecule has 0 saturated carbocycles. The summed E-state index contributed by atoms with van der Waals surface area (Å²) in [7, 11) is 0. The van der Waals surface area contributed by atoms with Gasteiger partial charge in [-0.05, 0) is 12.1 Å². The SMILES string of the molecule is O=c1c2cnn(-c3ccccc3)c2ncn1/N=C\c1c(Cl)nc2sccn12. The highest BCUT2D eigenvalue weighted by atomic mass is 35.5. The van der Waals surface area contributed by atoms with E-state index in [1.807, 2.05) is 41.9 Å². The molecule has 27 heavy (non-hydrogen) atoms. The van der Waals surface area contributed by atoms with E-state index in [2.05, 4.69) is 20.2 Å². The lowest BCUT2D eigenvalue weighted by atomic mass is 10.3. The van der Waals surface area contributed by atoms with Gasteiger partial charge < -0.3 is 0 Å². The van der Waals surface area contributed by atoms with Crippen molar-refractivity contribution in [3.05, 3.63) is 75.6 Å². The van der Waals surface area contributed by atoms with Crippen molar-refractivity contribution in [3.8, 4) is 5.69 Å². The van der Waals surface area contributed by atoms with Gasteiger partial charge in [-0.1, -0.05) is 29.8 Å². The average Bonchev–Trinajstić information content (AvgIpc) is 3.37. The van der Waals surface area contributed by atoms with E-state index < -0.39 is 0 Å². The maximum absolute atomic E-state index is 12.7. The van der Waals surface area contributed by atoms with Gasteiger partial charge in [0, 0.05) is 11.6 Å². The smallest absolute Gasteiger partial charge is 0.285 e. The summed E-state index contributed by atoms with van der Waals surface area (Å²) in [5.41, 5.74) is 1.58. The number of rotatable bonds is 3. The van der Waals surface area contributed by atoms with E-state index in [-0.39, 0.29) is 5.56 Å². The van der Waals surface area contributed by atoms with Crippen LogP contribution in [0.3, 0.4) is 0 Å². The molecule has 4 heterocycles. The Morgan fingerprint density at radius 1 is 1.22 bits per heavy atom. The number of imidazole rings is 1. The van der Waals surface area contributed by atoms with Crippen molar-refractivity contribution >= 4 is 45.1 Å². The predicted octanol–water partition coefficient (Wildman–Crippen LogP) is 2.83. The van der Waals surface area contributed by atoms with Gasteiger partial charge in [0.2, 0.25) is 0 Å². The summed E-state index contributed by atoms with van der Waals surface area (Å²) in [5, 5.41) is 11.1. The summed E-state index contributed by atoms with van der Waals surface area (Å²) in [6.45, 7) is 0. The molecule has 0 saturated heterocycles. The lowest BCUT2D eigenvalue weighted by molar-refractivity contribution is 0.809. The first kappa shape index (κ1) is 15.9. The van der Waals surface area contributed by atoms with Gasteiger partial charge in [0.05, 0.1) is 18.1 Å². The zero-order chi connectivity index (χ0) is 18.4. The van der Waals surface area contributed by atoms with Crippen LogP contribution in [0, 0.1) is 0 Å². The van der Waals surface area contributed by atoms with Crippen molar-refractivity contribution in [2.24, 2.45) is 5.10 Å². The van der Waals surface area contributed by atoms with E-state index in [9.17, 15) is 4.79 Å². The fraction of sp³-hybridized carbons (Fsp3) is 0. The average molecular weight is 396 g/mol. The van der Waals surface area contributed by atoms with E-state index in [0.29, 0.717) is 21.9 Å².